The lowest BCUT2D eigenvalue weighted by Gasteiger charge is -2.16. The zero-order valence-corrected chi connectivity index (χ0v) is 8.29. The lowest BCUT2D eigenvalue weighted by Crippen LogP contribution is -2.31. The molecule has 0 aromatic heterocycles. The van der Waals surface area contributed by atoms with Crippen LogP contribution in [0.5, 0.6) is 0 Å². The summed E-state index contributed by atoms with van der Waals surface area (Å²) in [4.78, 5) is 10.6. The number of unbranched alkanes of at least 4 members (excludes halogenated alkanes) is 2. The Kier molecular flexibility index (Phi) is 7.69. The molecular formula is C10H19O3-. The third-order valence-electron chi connectivity index (χ3n) is 2.20. The van der Waals surface area contributed by atoms with Crippen molar-refractivity contribution in [2.45, 2.75) is 45.4 Å². The fourth-order valence-corrected chi connectivity index (χ4v) is 1.33. The first-order valence-corrected chi connectivity index (χ1v) is 5.04. The van der Waals surface area contributed by atoms with Gasteiger partial charge in [-0.05, 0) is 25.2 Å². The van der Waals surface area contributed by atoms with Gasteiger partial charge in [-0.2, -0.15) is 0 Å². The molecule has 0 aliphatic heterocycles. The van der Waals surface area contributed by atoms with E-state index < -0.39 is 5.97 Å². The number of carbonyl (C=O) groups is 1. The number of carboxylic acids is 1. The van der Waals surface area contributed by atoms with Crippen molar-refractivity contribution in [3.8, 4) is 0 Å². The van der Waals surface area contributed by atoms with E-state index in [0.29, 0.717) is 19.3 Å². The van der Waals surface area contributed by atoms with E-state index in [1.165, 1.54) is 0 Å². The van der Waals surface area contributed by atoms with E-state index >= 15 is 0 Å². The normalized spacial score (nSPS) is 12.8. The maximum atomic E-state index is 10.6. The predicted molar refractivity (Wildman–Crippen MR) is 49.0 cm³/mol. The lowest BCUT2D eigenvalue weighted by atomic mass is 9.96. The molecule has 0 aliphatic rings. The molecule has 0 aromatic rings. The van der Waals surface area contributed by atoms with Gasteiger partial charge in [0.1, 0.15) is 0 Å². The molecule has 3 nitrogen and oxygen atoms in total. The van der Waals surface area contributed by atoms with Crippen LogP contribution in [0.1, 0.15) is 45.4 Å². The number of aliphatic hydroxyl groups is 1. The van der Waals surface area contributed by atoms with E-state index in [9.17, 15) is 9.90 Å². The van der Waals surface area contributed by atoms with Crippen molar-refractivity contribution in [3.63, 3.8) is 0 Å². The van der Waals surface area contributed by atoms with Crippen LogP contribution in [0.3, 0.4) is 0 Å². The molecule has 0 fully saturated rings. The van der Waals surface area contributed by atoms with E-state index in [1.54, 1.807) is 0 Å². The van der Waals surface area contributed by atoms with Crippen LogP contribution in [0.25, 0.3) is 0 Å². The Labute approximate surface area is 79.8 Å². The average Bonchev–Trinajstić information content (AvgIpc) is 2.10. The van der Waals surface area contributed by atoms with Crippen molar-refractivity contribution in [2.24, 2.45) is 5.92 Å². The minimum absolute atomic E-state index is 0.146. The second kappa shape index (κ2) is 8.05. The van der Waals surface area contributed by atoms with Gasteiger partial charge in [0.2, 0.25) is 0 Å². The maximum Gasteiger partial charge on any atom is 0.0445 e. The Bertz CT molecular complexity index is 134. The van der Waals surface area contributed by atoms with E-state index in [4.69, 9.17) is 5.11 Å². The van der Waals surface area contributed by atoms with Crippen molar-refractivity contribution >= 4 is 5.97 Å². The summed E-state index contributed by atoms with van der Waals surface area (Å²) in [6.07, 6.45) is 4.78. The number of aliphatic carboxylic acids is 1. The molecule has 1 unspecified atom stereocenters. The quantitative estimate of drug-likeness (QED) is 0.569. The third kappa shape index (κ3) is 6.58. The molecule has 1 N–H and O–H groups in total. The molecule has 0 saturated carbocycles. The summed E-state index contributed by atoms with van der Waals surface area (Å²) >= 11 is 0. The van der Waals surface area contributed by atoms with Crippen molar-refractivity contribution < 1.29 is 15.0 Å². The Morgan fingerprint density at radius 2 is 1.92 bits per heavy atom. The summed E-state index contributed by atoms with van der Waals surface area (Å²) in [5.41, 5.74) is 0. The van der Waals surface area contributed by atoms with Crippen molar-refractivity contribution in [2.75, 3.05) is 6.61 Å². The molecule has 0 radical (unpaired) electrons. The molecule has 0 aromatic carbocycles. The fraction of sp³-hybridized carbons (Fsp3) is 0.900. The van der Waals surface area contributed by atoms with Crippen LogP contribution in [-0.2, 0) is 4.79 Å². The summed E-state index contributed by atoms with van der Waals surface area (Å²) in [6.45, 7) is 2.19. The lowest BCUT2D eigenvalue weighted by molar-refractivity contribution is -0.312. The summed E-state index contributed by atoms with van der Waals surface area (Å²) in [5, 5.41) is 19.2. The summed E-state index contributed by atoms with van der Waals surface area (Å²) in [6, 6.07) is 0. The Hall–Kier alpha value is -0.570. The van der Waals surface area contributed by atoms with Crippen molar-refractivity contribution in [1.82, 2.24) is 0 Å². The minimum Gasteiger partial charge on any atom is -0.550 e. The van der Waals surface area contributed by atoms with Crippen LogP contribution < -0.4 is 5.11 Å². The second-order valence-corrected chi connectivity index (χ2v) is 3.38. The summed E-state index contributed by atoms with van der Waals surface area (Å²) in [5.74, 6) is -1.25. The van der Waals surface area contributed by atoms with Gasteiger partial charge in [0.15, 0.2) is 0 Å². The van der Waals surface area contributed by atoms with Crippen LogP contribution in [0.2, 0.25) is 0 Å². The van der Waals surface area contributed by atoms with Crippen LogP contribution in [0.4, 0.5) is 0 Å². The molecule has 0 heterocycles. The highest BCUT2D eigenvalue weighted by atomic mass is 16.4. The van der Waals surface area contributed by atoms with Gasteiger partial charge in [-0.25, -0.2) is 0 Å². The Morgan fingerprint density at radius 1 is 1.31 bits per heavy atom. The molecule has 13 heavy (non-hydrogen) atoms. The zero-order valence-electron chi connectivity index (χ0n) is 8.29. The monoisotopic (exact) mass is 187 g/mol. The third-order valence-corrected chi connectivity index (χ3v) is 2.20. The molecule has 3 heteroatoms. The number of carbonyl (C=O) groups excluding carboxylic acids is 1. The molecule has 0 bridgehead atoms. The Balaban J connectivity index is 3.61. The van der Waals surface area contributed by atoms with Crippen LogP contribution in [0.15, 0.2) is 0 Å². The first-order chi connectivity index (χ1) is 6.22. The van der Waals surface area contributed by atoms with Gasteiger partial charge in [-0.15, -0.1) is 0 Å². The van der Waals surface area contributed by atoms with Crippen LogP contribution in [-0.4, -0.2) is 17.7 Å². The molecule has 0 spiro atoms. The molecule has 0 rings (SSSR count). The second-order valence-electron chi connectivity index (χ2n) is 3.38. The first-order valence-electron chi connectivity index (χ1n) is 5.04. The van der Waals surface area contributed by atoms with E-state index in [-0.39, 0.29) is 12.5 Å². The standard InChI is InChI=1S/C10H20O3/c1-2-3-6-9(10(12)13)7-4-5-8-11/h9,11H,2-8H2,1H3,(H,12,13)/p-1. The van der Waals surface area contributed by atoms with Gasteiger partial charge >= 0.3 is 0 Å². The van der Waals surface area contributed by atoms with Gasteiger partial charge in [0.25, 0.3) is 0 Å². The highest BCUT2D eigenvalue weighted by molar-refractivity contribution is 5.67. The van der Waals surface area contributed by atoms with Gasteiger partial charge < -0.3 is 15.0 Å². The van der Waals surface area contributed by atoms with Crippen molar-refractivity contribution in [1.29, 1.82) is 0 Å². The van der Waals surface area contributed by atoms with Gasteiger partial charge in [0.05, 0.1) is 0 Å². The molecule has 1 atom stereocenters. The number of carboxylic acid groups (broad SMARTS) is 1. The largest absolute Gasteiger partial charge is 0.550 e. The number of rotatable bonds is 8. The van der Waals surface area contributed by atoms with E-state index in [1.807, 2.05) is 6.92 Å². The number of hydrogen-bond donors (Lipinski definition) is 1. The smallest absolute Gasteiger partial charge is 0.0445 e. The average molecular weight is 187 g/mol. The number of aliphatic hydroxyl groups excluding tert-OH is 1. The molecule has 0 amide bonds. The molecule has 78 valence electrons. The van der Waals surface area contributed by atoms with E-state index in [0.717, 1.165) is 19.3 Å². The Morgan fingerprint density at radius 3 is 2.38 bits per heavy atom. The fourth-order valence-electron chi connectivity index (χ4n) is 1.33. The van der Waals surface area contributed by atoms with E-state index in [2.05, 4.69) is 0 Å². The van der Waals surface area contributed by atoms with Gasteiger partial charge in [0, 0.05) is 12.6 Å². The SMILES string of the molecule is CCCCC(CCCCO)C(=O)[O-]. The topological polar surface area (TPSA) is 60.4 Å². The maximum absolute atomic E-state index is 10.6. The summed E-state index contributed by atoms with van der Waals surface area (Å²) in [7, 11) is 0. The van der Waals surface area contributed by atoms with Crippen molar-refractivity contribution in [3.05, 3.63) is 0 Å². The minimum atomic E-state index is -0.939. The van der Waals surface area contributed by atoms with Gasteiger partial charge in [-0.3, -0.25) is 0 Å². The predicted octanol–water partition coefficient (Wildman–Crippen LogP) is 0.705. The first kappa shape index (κ1) is 12.4. The van der Waals surface area contributed by atoms with Crippen LogP contribution >= 0.6 is 0 Å². The summed E-state index contributed by atoms with van der Waals surface area (Å²) < 4.78 is 0. The highest BCUT2D eigenvalue weighted by Crippen LogP contribution is 2.15. The molecule has 0 saturated heterocycles. The highest BCUT2D eigenvalue weighted by Gasteiger charge is 2.08. The molecular weight excluding hydrogens is 168 g/mol. The zero-order chi connectivity index (χ0) is 10.1. The van der Waals surface area contributed by atoms with Gasteiger partial charge in [-0.1, -0.05) is 26.2 Å². The number of hydrogen-bond acceptors (Lipinski definition) is 3. The molecule has 0 aliphatic carbocycles. The van der Waals surface area contributed by atoms with Crippen LogP contribution in [0, 0.1) is 5.92 Å².